The van der Waals surface area contributed by atoms with E-state index in [1.807, 2.05) is 36.4 Å². The average Bonchev–Trinajstić information content (AvgIpc) is 2.55. The first-order chi connectivity index (χ1) is 11.1. The number of para-hydroxylation sites is 1. The summed E-state index contributed by atoms with van der Waals surface area (Å²) in [5, 5.41) is 5.93. The molecule has 1 aliphatic rings. The number of hydrogen-bond acceptors (Lipinski definition) is 3. The number of halogens is 1. The van der Waals surface area contributed by atoms with Crippen LogP contribution in [0.15, 0.2) is 53.4 Å². The summed E-state index contributed by atoms with van der Waals surface area (Å²) < 4.78 is 0. The molecule has 3 rings (SSSR count). The van der Waals surface area contributed by atoms with E-state index in [0.29, 0.717) is 11.6 Å². The minimum atomic E-state index is -0.407. The van der Waals surface area contributed by atoms with Gasteiger partial charge in [-0.3, -0.25) is 9.59 Å². The molecule has 0 saturated carbocycles. The first kappa shape index (κ1) is 15.9. The molecule has 0 spiro atoms. The maximum Gasteiger partial charge on any atom is 0.238 e. The van der Waals surface area contributed by atoms with Crippen molar-refractivity contribution >= 4 is 40.9 Å². The van der Waals surface area contributed by atoms with E-state index in [9.17, 15) is 9.59 Å². The van der Waals surface area contributed by atoms with Gasteiger partial charge in [0.2, 0.25) is 11.8 Å². The predicted octanol–water partition coefficient (Wildman–Crippen LogP) is 3.46. The Morgan fingerprint density at radius 3 is 2.70 bits per heavy atom. The summed E-state index contributed by atoms with van der Waals surface area (Å²) in [5.41, 5.74) is 1.77. The monoisotopic (exact) mass is 346 g/mol. The number of nitrogens with one attached hydrogen (secondary N) is 2. The van der Waals surface area contributed by atoms with Gasteiger partial charge in [-0.05, 0) is 29.8 Å². The fourth-order valence-electron chi connectivity index (χ4n) is 2.27. The van der Waals surface area contributed by atoms with E-state index in [4.69, 9.17) is 11.6 Å². The minimum Gasteiger partial charge on any atom is -0.352 e. The number of carbonyl (C=O) groups excluding carboxylic acids is 2. The Morgan fingerprint density at radius 2 is 1.91 bits per heavy atom. The van der Waals surface area contributed by atoms with Gasteiger partial charge in [-0.25, -0.2) is 0 Å². The Bertz CT molecular complexity index is 734. The highest BCUT2D eigenvalue weighted by atomic mass is 35.5. The summed E-state index contributed by atoms with van der Waals surface area (Å²) in [4.78, 5) is 25.1. The molecule has 1 atom stereocenters. The zero-order chi connectivity index (χ0) is 16.2. The minimum absolute atomic E-state index is 0.129. The molecule has 0 fully saturated rings. The Morgan fingerprint density at radius 1 is 1.17 bits per heavy atom. The Labute approximate surface area is 143 Å². The maximum atomic E-state index is 12.1. The molecule has 0 unspecified atom stereocenters. The average molecular weight is 347 g/mol. The Hall–Kier alpha value is -1.98. The lowest BCUT2D eigenvalue weighted by Gasteiger charge is -2.23. The van der Waals surface area contributed by atoms with E-state index >= 15 is 0 Å². The van der Waals surface area contributed by atoms with Crippen LogP contribution in [0.3, 0.4) is 0 Å². The highest BCUT2D eigenvalue weighted by Gasteiger charge is 2.28. The van der Waals surface area contributed by atoms with Crippen molar-refractivity contribution in [1.29, 1.82) is 0 Å². The third-order valence-corrected chi connectivity index (χ3v) is 5.01. The highest BCUT2D eigenvalue weighted by molar-refractivity contribution is 8.01. The van der Waals surface area contributed by atoms with Gasteiger partial charge in [-0.2, -0.15) is 0 Å². The van der Waals surface area contributed by atoms with Crippen molar-refractivity contribution in [3.8, 4) is 0 Å². The molecule has 0 saturated heterocycles. The first-order valence-corrected chi connectivity index (χ1v) is 8.45. The summed E-state index contributed by atoms with van der Waals surface area (Å²) in [6.07, 6.45) is 0.151. The van der Waals surface area contributed by atoms with Crippen LogP contribution in [0, 0.1) is 0 Å². The van der Waals surface area contributed by atoms with Gasteiger partial charge in [0.15, 0.2) is 0 Å². The molecule has 0 bridgehead atoms. The third kappa shape index (κ3) is 4.06. The van der Waals surface area contributed by atoms with Crippen LogP contribution < -0.4 is 10.6 Å². The van der Waals surface area contributed by atoms with Crippen LogP contribution in [0.4, 0.5) is 5.69 Å². The number of benzene rings is 2. The highest BCUT2D eigenvalue weighted by Crippen LogP contribution is 2.36. The van der Waals surface area contributed by atoms with Crippen molar-refractivity contribution in [2.45, 2.75) is 23.1 Å². The van der Waals surface area contributed by atoms with Gasteiger partial charge in [-0.1, -0.05) is 35.9 Å². The zero-order valence-corrected chi connectivity index (χ0v) is 13.8. The standard InChI is InChI=1S/C17H15ClN2O2S/c18-12-7-5-11(6-8-12)10-19-16(21)9-15-17(22)20-13-3-1-2-4-14(13)23-15/h1-8,15H,9-10H2,(H,19,21)(H,20,22)/t15-/m1/s1. The quantitative estimate of drug-likeness (QED) is 0.891. The van der Waals surface area contributed by atoms with Crippen LogP contribution in [-0.4, -0.2) is 17.1 Å². The number of fused-ring (bicyclic) bond motifs is 1. The van der Waals surface area contributed by atoms with E-state index in [1.54, 1.807) is 12.1 Å². The summed E-state index contributed by atoms with van der Waals surface area (Å²) in [5.74, 6) is -0.276. The van der Waals surface area contributed by atoms with E-state index in [-0.39, 0.29) is 18.2 Å². The molecule has 23 heavy (non-hydrogen) atoms. The SMILES string of the molecule is O=C(C[C@H]1Sc2ccccc2NC1=O)NCc1ccc(Cl)cc1. The van der Waals surface area contributed by atoms with Crippen molar-refractivity contribution < 1.29 is 9.59 Å². The number of anilines is 1. The molecule has 0 aliphatic carbocycles. The molecular formula is C17H15ClN2O2S. The summed E-state index contributed by atoms with van der Waals surface area (Å²) in [6.45, 7) is 0.422. The number of carbonyl (C=O) groups is 2. The van der Waals surface area contributed by atoms with E-state index < -0.39 is 5.25 Å². The summed E-state index contributed by atoms with van der Waals surface area (Å²) in [6, 6.07) is 14.9. The third-order valence-electron chi connectivity index (χ3n) is 3.48. The molecule has 0 radical (unpaired) electrons. The molecule has 1 aliphatic heterocycles. The normalized spacial score (nSPS) is 16.4. The summed E-state index contributed by atoms with van der Waals surface area (Å²) >= 11 is 7.25. The number of hydrogen-bond donors (Lipinski definition) is 2. The van der Waals surface area contributed by atoms with Crippen molar-refractivity contribution in [2.24, 2.45) is 0 Å². The second kappa shape index (κ2) is 7.06. The summed E-state index contributed by atoms with van der Waals surface area (Å²) in [7, 11) is 0. The van der Waals surface area contributed by atoms with Gasteiger partial charge in [0.25, 0.3) is 0 Å². The lowest BCUT2D eigenvalue weighted by molar-refractivity contribution is -0.124. The zero-order valence-electron chi connectivity index (χ0n) is 12.2. The number of thioether (sulfide) groups is 1. The molecule has 2 amide bonds. The predicted molar refractivity (Wildman–Crippen MR) is 92.6 cm³/mol. The molecule has 118 valence electrons. The molecule has 4 nitrogen and oxygen atoms in total. The second-order valence-electron chi connectivity index (χ2n) is 5.20. The molecular weight excluding hydrogens is 332 g/mol. The second-order valence-corrected chi connectivity index (χ2v) is 6.88. The number of amides is 2. The molecule has 1 heterocycles. The van der Waals surface area contributed by atoms with Crippen molar-refractivity contribution in [2.75, 3.05) is 5.32 Å². The molecule has 0 aromatic heterocycles. The van der Waals surface area contributed by atoms with Crippen molar-refractivity contribution in [3.63, 3.8) is 0 Å². The van der Waals surface area contributed by atoms with Crippen molar-refractivity contribution in [3.05, 3.63) is 59.1 Å². The fraction of sp³-hybridized carbons (Fsp3) is 0.176. The van der Waals surface area contributed by atoms with Crippen LogP contribution in [0.1, 0.15) is 12.0 Å². The van der Waals surface area contributed by atoms with Crippen LogP contribution in [0.2, 0.25) is 5.02 Å². The number of rotatable bonds is 4. The van der Waals surface area contributed by atoms with Gasteiger partial charge in [-0.15, -0.1) is 11.8 Å². The van der Waals surface area contributed by atoms with E-state index in [2.05, 4.69) is 10.6 Å². The van der Waals surface area contributed by atoms with E-state index in [1.165, 1.54) is 11.8 Å². The van der Waals surface area contributed by atoms with Crippen LogP contribution in [0.5, 0.6) is 0 Å². The molecule has 2 N–H and O–H groups in total. The Kier molecular flexibility index (Phi) is 4.88. The van der Waals surface area contributed by atoms with Crippen LogP contribution >= 0.6 is 23.4 Å². The molecule has 2 aromatic carbocycles. The largest absolute Gasteiger partial charge is 0.352 e. The maximum absolute atomic E-state index is 12.1. The van der Waals surface area contributed by atoms with Crippen molar-refractivity contribution in [1.82, 2.24) is 5.32 Å². The van der Waals surface area contributed by atoms with Gasteiger partial charge < -0.3 is 10.6 Å². The lowest BCUT2D eigenvalue weighted by atomic mass is 10.2. The lowest BCUT2D eigenvalue weighted by Crippen LogP contribution is -2.34. The smallest absolute Gasteiger partial charge is 0.238 e. The first-order valence-electron chi connectivity index (χ1n) is 7.19. The topological polar surface area (TPSA) is 58.2 Å². The Balaban J connectivity index is 1.56. The van der Waals surface area contributed by atoms with Gasteiger partial charge in [0, 0.05) is 22.9 Å². The van der Waals surface area contributed by atoms with Gasteiger partial charge in [0.05, 0.1) is 10.9 Å². The molecule has 2 aromatic rings. The van der Waals surface area contributed by atoms with Crippen LogP contribution in [0.25, 0.3) is 0 Å². The van der Waals surface area contributed by atoms with Gasteiger partial charge in [0.1, 0.15) is 0 Å². The fourth-order valence-corrected chi connectivity index (χ4v) is 3.51. The van der Waals surface area contributed by atoms with E-state index in [0.717, 1.165) is 16.1 Å². The van der Waals surface area contributed by atoms with Crippen LogP contribution in [-0.2, 0) is 16.1 Å². The molecule has 6 heteroatoms. The van der Waals surface area contributed by atoms with Gasteiger partial charge >= 0.3 is 0 Å².